The Hall–Kier alpha value is -3.15. The fourth-order valence-electron chi connectivity index (χ4n) is 1.99. The van der Waals surface area contributed by atoms with Crippen LogP contribution in [0.4, 0.5) is 0 Å². The SMILES string of the molecule is NC(=O)c1cc2ccccc2[nH]1.c1ccc2n[nH]nc2c1. The highest BCUT2D eigenvalue weighted by Gasteiger charge is 2.03. The van der Waals surface area contributed by atoms with Crippen LogP contribution in [0.25, 0.3) is 21.9 Å². The molecule has 0 atom stereocenters. The zero-order valence-corrected chi connectivity index (χ0v) is 11.1. The third kappa shape index (κ3) is 2.74. The van der Waals surface area contributed by atoms with Crippen molar-refractivity contribution < 1.29 is 4.79 Å². The summed E-state index contributed by atoms with van der Waals surface area (Å²) in [5, 5.41) is 11.3. The summed E-state index contributed by atoms with van der Waals surface area (Å²) in [7, 11) is 0. The Balaban J connectivity index is 0.000000131. The molecule has 0 saturated carbocycles. The molecule has 0 saturated heterocycles. The van der Waals surface area contributed by atoms with Crippen molar-refractivity contribution in [3.8, 4) is 0 Å². The van der Waals surface area contributed by atoms with Gasteiger partial charge in [-0.2, -0.15) is 15.4 Å². The minimum absolute atomic E-state index is 0.425. The van der Waals surface area contributed by atoms with Crippen LogP contribution >= 0.6 is 0 Å². The zero-order valence-electron chi connectivity index (χ0n) is 11.1. The van der Waals surface area contributed by atoms with Crippen molar-refractivity contribution in [2.24, 2.45) is 5.73 Å². The number of nitrogens with zero attached hydrogens (tertiary/aromatic N) is 2. The Kier molecular flexibility index (Phi) is 3.34. The van der Waals surface area contributed by atoms with Crippen molar-refractivity contribution in [1.82, 2.24) is 20.4 Å². The topological polar surface area (TPSA) is 100 Å². The zero-order chi connectivity index (χ0) is 14.7. The number of amides is 1. The van der Waals surface area contributed by atoms with Gasteiger partial charge in [-0.25, -0.2) is 0 Å². The van der Waals surface area contributed by atoms with Crippen molar-refractivity contribution >= 4 is 27.8 Å². The summed E-state index contributed by atoms with van der Waals surface area (Å²) >= 11 is 0. The molecule has 0 bridgehead atoms. The minimum Gasteiger partial charge on any atom is -0.364 e. The fourth-order valence-corrected chi connectivity index (χ4v) is 1.99. The summed E-state index contributed by atoms with van der Waals surface area (Å²) in [6, 6.07) is 17.1. The van der Waals surface area contributed by atoms with Gasteiger partial charge in [0.1, 0.15) is 16.7 Å². The van der Waals surface area contributed by atoms with Gasteiger partial charge in [-0.3, -0.25) is 4.79 Å². The quantitative estimate of drug-likeness (QED) is 0.498. The Morgan fingerprint density at radius 3 is 2.19 bits per heavy atom. The molecule has 0 aliphatic rings. The van der Waals surface area contributed by atoms with Gasteiger partial charge in [-0.05, 0) is 24.3 Å². The highest BCUT2D eigenvalue weighted by atomic mass is 16.1. The van der Waals surface area contributed by atoms with Gasteiger partial charge in [0.05, 0.1) is 0 Å². The van der Waals surface area contributed by atoms with E-state index >= 15 is 0 Å². The number of primary amides is 1. The van der Waals surface area contributed by atoms with E-state index in [1.165, 1.54) is 0 Å². The summed E-state index contributed by atoms with van der Waals surface area (Å²) in [4.78, 5) is 13.7. The van der Waals surface area contributed by atoms with Gasteiger partial charge >= 0.3 is 0 Å². The molecule has 2 aromatic carbocycles. The third-order valence-electron chi connectivity index (χ3n) is 3.02. The first kappa shape index (κ1) is 12.9. The second-order valence-electron chi connectivity index (χ2n) is 4.45. The molecule has 0 spiro atoms. The van der Waals surface area contributed by atoms with E-state index in [1.807, 2.05) is 48.5 Å². The van der Waals surface area contributed by atoms with Gasteiger partial charge in [0.2, 0.25) is 0 Å². The molecule has 2 aromatic heterocycles. The molecule has 2 heterocycles. The number of para-hydroxylation sites is 3. The molecule has 4 rings (SSSR count). The number of carbonyl (C=O) groups is 1. The Morgan fingerprint density at radius 1 is 0.952 bits per heavy atom. The molecule has 4 aromatic rings. The van der Waals surface area contributed by atoms with Crippen LogP contribution in [-0.2, 0) is 0 Å². The molecular formula is C15H13N5O. The first-order valence-corrected chi connectivity index (χ1v) is 6.37. The van der Waals surface area contributed by atoms with E-state index < -0.39 is 5.91 Å². The van der Waals surface area contributed by atoms with Gasteiger partial charge in [-0.1, -0.05) is 30.3 Å². The maximum atomic E-state index is 10.8. The number of benzene rings is 2. The number of hydrogen-bond acceptors (Lipinski definition) is 3. The van der Waals surface area contributed by atoms with Crippen LogP contribution in [0.2, 0.25) is 0 Å². The molecular weight excluding hydrogens is 266 g/mol. The lowest BCUT2D eigenvalue weighted by atomic mass is 10.2. The van der Waals surface area contributed by atoms with Crippen molar-refractivity contribution in [2.75, 3.05) is 0 Å². The number of aromatic amines is 2. The highest BCUT2D eigenvalue weighted by Crippen LogP contribution is 2.13. The van der Waals surface area contributed by atoms with Crippen molar-refractivity contribution in [2.45, 2.75) is 0 Å². The maximum absolute atomic E-state index is 10.8. The van der Waals surface area contributed by atoms with E-state index in [1.54, 1.807) is 6.07 Å². The lowest BCUT2D eigenvalue weighted by molar-refractivity contribution is 0.0996. The fraction of sp³-hybridized carbons (Fsp3) is 0. The van der Waals surface area contributed by atoms with Gasteiger partial charge in [0.15, 0.2) is 0 Å². The number of nitrogens with one attached hydrogen (secondary N) is 2. The smallest absolute Gasteiger partial charge is 0.265 e. The van der Waals surface area contributed by atoms with Crippen LogP contribution in [0.1, 0.15) is 10.5 Å². The van der Waals surface area contributed by atoms with Crippen LogP contribution in [0.3, 0.4) is 0 Å². The van der Waals surface area contributed by atoms with E-state index in [0.29, 0.717) is 5.69 Å². The van der Waals surface area contributed by atoms with E-state index in [2.05, 4.69) is 20.4 Å². The maximum Gasteiger partial charge on any atom is 0.265 e. The summed E-state index contributed by atoms with van der Waals surface area (Å²) < 4.78 is 0. The number of rotatable bonds is 1. The van der Waals surface area contributed by atoms with Crippen LogP contribution < -0.4 is 5.73 Å². The van der Waals surface area contributed by atoms with E-state index in [9.17, 15) is 4.79 Å². The first-order chi connectivity index (χ1) is 10.2. The average molecular weight is 279 g/mol. The molecule has 0 aliphatic carbocycles. The molecule has 0 radical (unpaired) electrons. The minimum atomic E-state index is -0.425. The lowest BCUT2D eigenvalue weighted by Crippen LogP contribution is -2.10. The Morgan fingerprint density at radius 2 is 1.57 bits per heavy atom. The number of nitrogens with two attached hydrogens (primary N) is 1. The van der Waals surface area contributed by atoms with Crippen LogP contribution in [0, 0.1) is 0 Å². The van der Waals surface area contributed by atoms with Crippen molar-refractivity contribution in [3.05, 3.63) is 60.3 Å². The van der Waals surface area contributed by atoms with Gasteiger partial charge in [-0.15, -0.1) is 0 Å². The number of carbonyl (C=O) groups excluding carboxylic acids is 1. The van der Waals surface area contributed by atoms with E-state index in [-0.39, 0.29) is 0 Å². The summed E-state index contributed by atoms with van der Waals surface area (Å²) in [5.74, 6) is -0.425. The molecule has 104 valence electrons. The van der Waals surface area contributed by atoms with Gasteiger partial charge < -0.3 is 10.7 Å². The monoisotopic (exact) mass is 279 g/mol. The highest BCUT2D eigenvalue weighted by molar-refractivity contribution is 5.96. The number of H-pyrrole nitrogens is 2. The van der Waals surface area contributed by atoms with Crippen LogP contribution in [0.5, 0.6) is 0 Å². The van der Waals surface area contributed by atoms with Crippen LogP contribution in [-0.4, -0.2) is 26.3 Å². The molecule has 0 aliphatic heterocycles. The molecule has 1 amide bonds. The largest absolute Gasteiger partial charge is 0.364 e. The molecule has 21 heavy (non-hydrogen) atoms. The molecule has 4 N–H and O–H groups in total. The van der Waals surface area contributed by atoms with Gasteiger partial charge in [0, 0.05) is 10.9 Å². The standard InChI is InChI=1S/C9H8N2O.C6H5N3/c10-9(12)8-5-6-3-1-2-4-7(6)11-8;1-2-4-6-5(3-1)7-9-8-6/h1-5,11H,(H2,10,12);1-4H,(H,7,8,9). The molecule has 0 unspecified atom stereocenters. The number of fused-ring (bicyclic) bond motifs is 2. The first-order valence-electron chi connectivity index (χ1n) is 6.37. The predicted molar refractivity (Wildman–Crippen MR) is 80.7 cm³/mol. The lowest BCUT2D eigenvalue weighted by Gasteiger charge is -1.85. The second kappa shape index (κ2) is 5.46. The third-order valence-corrected chi connectivity index (χ3v) is 3.02. The normalized spacial score (nSPS) is 10.3. The van der Waals surface area contributed by atoms with Crippen LogP contribution in [0.15, 0.2) is 54.6 Å². The van der Waals surface area contributed by atoms with Crippen molar-refractivity contribution in [1.29, 1.82) is 0 Å². The Labute approximate surface area is 120 Å². The van der Waals surface area contributed by atoms with E-state index in [4.69, 9.17) is 5.73 Å². The predicted octanol–water partition coefficient (Wildman–Crippen LogP) is 2.22. The summed E-state index contributed by atoms with van der Waals surface area (Å²) in [6.45, 7) is 0. The van der Waals surface area contributed by atoms with Crippen molar-refractivity contribution in [3.63, 3.8) is 0 Å². The van der Waals surface area contributed by atoms with Gasteiger partial charge in [0.25, 0.3) is 5.91 Å². The van der Waals surface area contributed by atoms with E-state index in [0.717, 1.165) is 21.9 Å². The molecule has 6 nitrogen and oxygen atoms in total. The molecule has 0 fully saturated rings. The number of aromatic nitrogens is 4. The summed E-state index contributed by atoms with van der Waals surface area (Å²) in [5.41, 5.74) is 8.33. The average Bonchev–Trinajstić information content (AvgIpc) is 3.14. The Bertz CT molecular complexity index is 830. The molecule has 6 heteroatoms. The number of hydrogen-bond donors (Lipinski definition) is 3. The second-order valence-corrected chi connectivity index (χ2v) is 4.45. The summed E-state index contributed by atoms with van der Waals surface area (Å²) in [6.07, 6.45) is 0.